The number of anilines is 1. The molecule has 0 atom stereocenters. The Morgan fingerprint density at radius 1 is 1.50 bits per heavy atom. The molecular weight excluding hydrogens is 208 g/mol. The topological polar surface area (TPSA) is 68.3 Å². The molecular formula is C11H14N2O3. The van der Waals surface area contributed by atoms with E-state index in [1.165, 1.54) is 0 Å². The van der Waals surface area contributed by atoms with Gasteiger partial charge in [-0.05, 0) is 26.0 Å². The minimum absolute atomic E-state index is 0.276. The van der Waals surface area contributed by atoms with Gasteiger partial charge in [0.25, 0.3) is 0 Å². The maximum atomic E-state index is 11.4. The molecule has 1 amide bonds. The molecule has 5 heteroatoms. The first-order chi connectivity index (χ1) is 7.63. The van der Waals surface area contributed by atoms with Gasteiger partial charge < -0.3 is 10.1 Å². The van der Waals surface area contributed by atoms with Crippen LogP contribution < -0.4 is 5.32 Å². The number of hydrogen-bond donors (Lipinski definition) is 1. The SMILES string of the molecule is CCOC(=O)CC(=O)Nc1cccnc1C. The zero-order valence-corrected chi connectivity index (χ0v) is 9.32. The maximum absolute atomic E-state index is 11.4. The lowest BCUT2D eigenvalue weighted by molar-refractivity contribution is -0.145. The lowest BCUT2D eigenvalue weighted by atomic mass is 10.3. The van der Waals surface area contributed by atoms with Crippen LogP contribution in [0.3, 0.4) is 0 Å². The molecule has 0 spiro atoms. The molecule has 0 aromatic carbocycles. The van der Waals surface area contributed by atoms with Gasteiger partial charge in [-0.3, -0.25) is 14.6 Å². The molecule has 0 radical (unpaired) electrons. The Balaban J connectivity index is 2.52. The normalized spacial score (nSPS) is 9.62. The molecule has 0 saturated carbocycles. The summed E-state index contributed by atoms with van der Waals surface area (Å²) in [7, 11) is 0. The van der Waals surface area contributed by atoms with Gasteiger partial charge in [0, 0.05) is 6.20 Å². The van der Waals surface area contributed by atoms with Crippen molar-refractivity contribution in [2.24, 2.45) is 0 Å². The number of pyridine rings is 1. The van der Waals surface area contributed by atoms with Crippen molar-refractivity contribution in [3.8, 4) is 0 Å². The summed E-state index contributed by atoms with van der Waals surface area (Å²) < 4.78 is 4.67. The molecule has 1 aromatic heterocycles. The van der Waals surface area contributed by atoms with Crippen molar-refractivity contribution in [2.75, 3.05) is 11.9 Å². The number of aryl methyl sites for hydroxylation is 1. The van der Waals surface area contributed by atoms with E-state index in [0.717, 1.165) is 0 Å². The maximum Gasteiger partial charge on any atom is 0.315 e. The van der Waals surface area contributed by atoms with E-state index in [1.54, 1.807) is 32.2 Å². The third-order valence-electron chi connectivity index (χ3n) is 1.89. The summed E-state index contributed by atoms with van der Waals surface area (Å²) in [5, 5.41) is 2.60. The van der Waals surface area contributed by atoms with Gasteiger partial charge in [0.2, 0.25) is 5.91 Å². The molecule has 1 rings (SSSR count). The van der Waals surface area contributed by atoms with Crippen LogP contribution in [0.25, 0.3) is 0 Å². The van der Waals surface area contributed by atoms with Gasteiger partial charge in [0.1, 0.15) is 6.42 Å². The number of esters is 1. The highest BCUT2D eigenvalue weighted by atomic mass is 16.5. The van der Waals surface area contributed by atoms with Gasteiger partial charge in [0.05, 0.1) is 18.0 Å². The number of nitrogens with one attached hydrogen (secondary N) is 1. The zero-order chi connectivity index (χ0) is 12.0. The zero-order valence-electron chi connectivity index (χ0n) is 9.32. The Kier molecular flexibility index (Phi) is 4.44. The molecule has 0 aliphatic rings. The van der Waals surface area contributed by atoms with Gasteiger partial charge in [-0.1, -0.05) is 0 Å². The van der Waals surface area contributed by atoms with Crippen molar-refractivity contribution < 1.29 is 14.3 Å². The van der Waals surface area contributed by atoms with E-state index >= 15 is 0 Å². The number of nitrogens with zero attached hydrogens (tertiary/aromatic N) is 1. The second-order valence-electron chi connectivity index (χ2n) is 3.17. The van der Waals surface area contributed by atoms with Crippen molar-refractivity contribution in [3.05, 3.63) is 24.0 Å². The Hall–Kier alpha value is -1.91. The predicted octanol–water partition coefficient (Wildman–Crippen LogP) is 1.28. The fourth-order valence-electron chi connectivity index (χ4n) is 1.15. The van der Waals surface area contributed by atoms with Crippen LogP contribution in [-0.2, 0) is 14.3 Å². The Labute approximate surface area is 93.8 Å². The van der Waals surface area contributed by atoms with E-state index in [1.807, 2.05) is 0 Å². The van der Waals surface area contributed by atoms with Crippen LogP contribution in [0.15, 0.2) is 18.3 Å². The van der Waals surface area contributed by atoms with Gasteiger partial charge in [-0.15, -0.1) is 0 Å². The van der Waals surface area contributed by atoms with E-state index in [9.17, 15) is 9.59 Å². The van der Waals surface area contributed by atoms with Crippen molar-refractivity contribution in [1.82, 2.24) is 4.98 Å². The van der Waals surface area contributed by atoms with Crippen molar-refractivity contribution >= 4 is 17.6 Å². The number of carbonyl (C=O) groups excluding carboxylic acids is 2. The van der Waals surface area contributed by atoms with Crippen LogP contribution in [0.5, 0.6) is 0 Å². The quantitative estimate of drug-likeness (QED) is 0.615. The average Bonchev–Trinajstić information content (AvgIpc) is 2.21. The van der Waals surface area contributed by atoms with Gasteiger partial charge >= 0.3 is 5.97 Å². The molecule has 0 fully saturated rings. The summed E-state index contributed by atoms with van der Waals surface area (Å²) in [6.07, 6.45) is 1.36. The summed E-state index contributed by atoms with van der Waals surface area (Å²) in [6.45, 7) is 3.75. The highest BCUT2D eigenvalue weighted by molar-refractivity contribution is 6.02. The summed E-state index contributed by atoms with van der Waals surface area (Å²) in [4.78, 5) is 26.5. The Morgan fingerprint density at radius 2 is 2.25 bits per heavy atom. The van der Waals surface area contributed by atoms with Crippen LogP contribution in [-0.4, -0.2) is 23.5 Å². The van der Waals surface area contributed by atoms with Crippen molar-refractivity contribution in [1.29, 1.82) is 0 Å². The standard InChI is InChI=1S/C11H14N2O3/c1-3-16-11(15)7-10(14)13-9-5-4-6-12-8(9)2/h4-6H,3,7H2,1-2H3,(H,13,14). The van der Waals surface area contributed by atoms with Crippen LogP contribution in [0.1, 0.15) is 19.0 Å². The van der Waals surface area contributed by atoms with E-state index < -0.39 is 11.9 Å². The number of rotatable bonds is 4. The van der Waals surface area contributed by atoms with E-state index in [2.05, 4.69) is 15.0 Å². The van der Waals surface area contributed by atoms with E-state index in [0.29, 0.717) is 11.4 Å². The smallest absolute Gasteiger partial charge is 0.315 e. The molecule has 16 heavy (non-hydrogen) atoms. The minimum Gasteiger partial charge on any atom is -0.466 e. The van der Waals surface area contributed by atoms with Crippen molar-refractivity contribution in [2.45, 2.75) is 20.3 Å². The lowest BCUT2D eigenvalue weighted by Crippen LogP contribution is -2.18. The minimum atomic E-state index is -0.526. The van der Waals surface area contributed by atoms with Crippen LogP contribution in [0, 0.1) is 6.92 Å². The molecule has 1 N–H and O–H groups in total. The molecule has 0 aliphatic carbocycles. The first-order valence-corrected chi connectivity index (χ1v) is 5.00. The largest absolute Gasteiger partial charge is 0.466 e. The van der Waals surface area contributed by atoms with Gasteiger partial charge in [0.15, 0.2) is 0 Å². The number of amides is 1. The Bertz CT molecular complexity index is 391. The van der Waals surface area contributed by atoms with E-state index in [4.69, 9.17) is 0 Å². The van der Waals surface area contributed by atoms with Gasteiger partial charge in [-0.2, -0.15) is 0 Å². The number of carbonyl (C=O) groups is 2. The lowest BCUT2D eigenvalue weighted by Gasteiger charge is -2.06. The highest BCUT2D eigenvalue weighted by Gasteiger charge is 2.11. The molecule has 86 valence electrons. The third kappa shape index (κ3) is 3.68. The number of hydrogen-bond acceptors (Lipinski definition) is 4. The first-order valence-electron chi connectivity index (χ1n) is 5.00. The first kappa shape index (κ1) is 12.2. The van der Waals surface area contributed by atoms with Crippen LogP contribution in [0.2, 0.25) is 0 Å². The summed E-state index contributed by atoms with van der Waals surface area (Å²) in [5.41, 5.74) is 1.32. The van der Waals surface area contributed by atoms with Crippen LogP contribution in [0.4, 0.5) is 5.69 Å². The molecule has 0 unspecified atom stereocenters. The van der Waals surface area contributed by atoms with Crippen LogP contribution >= 0.6 is 0 Å². The fourth-order valence-corrected chi connectivity index (χ4v) is 1.15. The molecule has 0 saturated heterocycles. The molecule has 0 bridgehead atoms. The second-order valence-corrected chi connectivity index (χ2v) is 3.17. The Morgan fingerprint density at radius 3 is 2.88 bits per heavy atom. The second kappa shape index (κ2) is 5.85. The summed E-state index contributed by atoms with van der Waals surface area (Å²) in [5.74, 6) is -0.920. The number of aromatic nitrogens is 1. The van der Waals surface area contributed by atoms with Gasteiger partial charge in [-0.25, -0.2) is 0 Å². The third-order valence-corrected chi connectivity index (χ3v) is 1.89. The molecule has 1 heterocycles. The fraction of sp³-hybridized carbons (Fsp3) is 0.364. The van der Waals surface area contributed by atoms with Crippen molar-refractivity contribution in [3.63, 3.8) is 0 Å². The summed E-state index contributed by atoms with van der Waals surface area (Å²) >= 11 is 0. The predicted molar refractivity (Wildman–Crippen MR) is 58.9 cm³/mol. The monoisotopic (exact) mass is 222 g/mol. The van der Waals surface area contributed by atoms with E-state index in [-0.39, 0.29) is 13.0 Å². The number of ether oxygens (including phenoxy) is 1. The average molecular weight is 222 g/mol. The molecule has 0 aliphatic heterocycles. The summed E-state index contributed by atoms with van der Waals surface area (Å²) in [6, 6.07) is 3.44. The molecule has 1 aromatic rings. The highest BCUT2D eigenvalue weighted by Crippen LogP contribution is 2.10. The molecule has 5 nitrogen and oxygen atoms in total.